The largest absolute Gasteiger partial charge is 0.403 e. The minimum atomic E-state index is -0.548. The number of H-pyrrole nitrogens is 1. The van der Waals surface area contributed by atoms with E-state index in [1.807, 2.05) is 13.8 Å². The Morgan fingerprint density at radius 2 is 2.04 bits per heavy atom. The lowest BCUT2D eigenvalue weighted by Gasteiger charge is -2.33. The van der Waals surface area contributed by atoms with Crippen molar-refractivity contribution in [3.63, 3.8) is 0 Å². The van der Waals surface area contributed by atoms with E-state index in [1.54, 1.807) is 0 Å². The lowest BCUT2D eigenvalue weighted by Crippen LogP contribution is -2.47. The molecule has 0 unspecified atom stereocenters. The van der Waals surface area contributed by atoms with Crippen LogP contribution in [0.2, 0.25) is 0 Å². The van der Waals surface area contributed by atoms with Gasteiger partial charge in [-0.05, 0) is 19.0 Å². The summed E-state index contributed by atoms with van der Waals surface area (Å²) >= 11 is 0. The first-order valence-corrected chi connectivity index (χ1v) is 8.76. The van der Waals surface area contributed by atoms with E-state index >= 15 is 0 Å². The van der Waals surface area contributed by atoms with Crippen molar-refractivity contribution in [1.82, 2.24) is 19.8 Å². The average Bonchev–Trinajstić information content (AvgIpc) is 2.62. The molecule has 2 aromatic heterocycles. The molecule has 0 aliphatic carbocycles. The van der Waals surface area contributed by atoms with Gasteiger partial charge in [0.25, 0.3) is 5.56 Å². The number of fused-ring (bicyclic) bond motifs is 1. The Bertz CT molecular complexity index is 925. The van der Waals surface area contributed by atoms with Crippen LogP contribution in [0.5, 0.6) is 6.01 Å². The summed E-state index contributed by atoms with van der Waals surface area (Å²) in [5, 5.41) is 4.41. The predicted octanol–water partition coefficient (Wildman–Crippen LogP) is 0.788. The number of amidine groups is 1. The quantitative estimate of drug-likeness (QED) is 0.488. The van der Waals surface area contributed by atoms with Crippen LogP contribution in [0, 0.1) is 0 Å². The molecule has 0 bridgehead atoms. The molecule has 26 heavy (non-hydrogen) atoms. The zero-order valence-electron chi connectivity index (χ0n) is 15.2. The first kappa shape index (κ1) is 18.1. The molecule has 1 fully saturated rings. The fourth-order valence-electron chi connectivity index (χ4n) is 2.96. The van der Waals surface area contributed by atoms with Gasteiger partial charge in [0.1, 0.15) is 11.2 Å². The number of piperazine rings is 1. The second kappa shape index (κ2) is 7.69. The van der Waals surface area contributed by atoms with Crippen LogP contribution in [0.3, 0.4) is 0 Å². The summed E-state index contributed by atoms with van der Waals surface area (Å²) in [6, 6.07) is 1.21. The summed E-state index contributed by atoms with van der Waals surface area (Å²) < 4.78 is 5.06. The summed E-state index contributed by atoms with van der Waals surface area (Å²) in [5.74, 6) is 0.782. The summed E-state index contributed by atoms with van der Waals surface area (Å²) in [5.41, 5.74) is -0.417. The number of oxime groups is 1. The number of aryl methyl sites for hydroxylation is 1. The minimum absolute atomic E-state index is 0.0408. The molecule has 0 amide bonds. The Hall–Kier alpha value is -2.68. The highest BCUT2D eigenvalue weighted by Crippen LogP contribution is 2.14. The van der Waals surface area contributed by atoms with Crippen LogP contribution in [-0.4, -0.2) is 58.8 Å². The maximum Gasteiger partial charge on any atom is 0.337 e. The fraction of sp³-hybridized carbons (Fsp3) is 0.529. The van der Waals surface area contributed by atoms with E-state index in [9.17, 15) is 9.59 Å². The molecule has 1 aliphatic heterocycles. The van der Waals surface area contributed by atoms with Gasteiger partial charge in [0, 0.05) is 38.7 Å². The molecular formula is C17H23N5O4. The van der Waals surface area contributed by atoms with Crippen LogP contribution in [0.15, 0.2) is 25.2 Å². The number of hydrogen-bond donors (Lipinski definition) is 1. The Morgan fingerprint density at radius 1 is 1.31 bits per heavy atom. The second-order valence-corrected chi connectivity index (χ2v) is 6.24. The van der Waals surface area contributed by atoms with Crippen molar-refractivity contribution in [3.8, 4) is 6.01 Å². The van der Waals surface area contributed by atoms with E-state index in [0.717, 1.165) is 32.0 Å². The molecule has 1 saturated heterocycles. The van der Waals surface area contributed by atoms with Gasteiger partial charge in [0.05, 0.1) is 0 Å². The maximum atomic E-state index is 12.3. The van der Waals surface area contributed by atoms with E-state index in [0.29, 0.717) is 18.4 Å². The summed E-state index contributed by atoms with van der Waals surface area (Å²) in [7, 11) is 2.08. The molecule has 2 aromatic rings. The fourth-order valence-corrected chi connectivity index (χ4v) is 2.96. The van der Waals surface area contributed by atoms with E-state index in [-0.39, 0.29) is 17.1 Å². The van der Waals surface area contributed by atoms with Crippen molar-refractivity contribution in [3.05, 3.63) is 32.4 Å². The normalized spacial score (nSPS) is 16.3. The minimum Gasteiger partial charge on any atom is -0.403 e. The molecule has 3 heterocycles. The van der Waals surface area contributed by atoms with E-state index in [2.05, 4.69) is 32.0 Å². The lowest BCUT2D eigenvalue weighted by atomic mass is 10.1. The molecule has 1 aliphatic rings. The Morgan fingerprint density at radius 3 is 2.69 bits per heavy atom. The number of likely N-dealkylation sites (N-methyl/N-ethyl adjacent to an activating group) is 1. The highest BCUT2D eigenvalue weighted by atomic mass is 16.6. The third kappa shape index (κ3) is 3.77. The highest BCUT2D eigenvalue weighted by molar-refractivity contribution is 5.81. The Kier molecular flexibility index (Phi) is 5.36. The van der Waals surface area contributed by atoms with E-state index < -0.39 is 11.2 Å². The van der Waals surface area contributed by atoms with Crippen molar-refractivity contribution in [2.45, 2.75) is 26.7 Å². The van der Waals surface area contributed by atoms with E-state index in [1.165, 1.54) is 6.07 Å². The first-order chi connectivity index (χ1) is 12.5. The molecule has 140 valence electrons. The summed E-state index contributed by atoms with van der Waals surface area (Å²) in [6.07, 6.45) is 1.21. The van der Waals surface area contributed by atoms with Crippen LogP contribution in [0.25, 0.3) is 11.1 Å². The number of rotatable bonds is 4. The maximum absolute atomic E-state index is 12.3. The summed E-state index contributed by atoms with van der Waals surface area (Å²) in [4.78, 5) is 40.4. The van der Waals surface area contributed by atoms with Gasteiger partial charge in [0.15, 0.2) is 0 Å². The molecule has 0 radical (unpaired) electrons. The van der Waals surface area contributed by atoms with Gasteiger partial charge in [-0.2, -0.15) is 4.98 Å². The van der Waals surface area contributed by atoms with Crippen LogP contribution >= 0.6 is 0 Å². The van der Waals surface area contributed by atoms with Crippen molar-refractivity contribution in [1.29, 1.82) is 0 Å². The van der Waals surface area contributed by atoms with Crippen LogP contribution in [-0.2, 0) is 6.42 Å². The van der Waals surface area contributed by atoms with Crippen LogP contribution in [0.1, 0.15) is 25.8 Å². The zero-order chi connectivity index (χ0) is 18.7. The number of aromatic amines is 1. The van der Waals surface area contributed by atoms with Crippen LogP contribution < -0.4 is 16.0 Å². The SMILES string of the molecule is CCC(=NOc1nc2oc(=O)cc(CC)c2c(=O)[nH]1)N1CCN(C)CC1. The zero-order valence-corrected chi connectivity index (χ0v) is 15.2. The average molecular weight is 361 g/mol. The Labute approximate surface area is 150 Å². The smallest absolute Gasteiger partial charge is 0.337 e. The molecule has 0 saturated carbocycles. The summed E-state index contributed by atoms with van der Waals surface area (Å²) in [6.45, 7) is 7.48. The number of nitrogens with one attached hydrogen (secondary N) is 1. The predicted molar refractivity (Wildman–Crippen MR) is 97.7 cm³/mol. The van der Waals surface area contributed by atoms with Crippen molar-refractivity contribution >= 4 is 16.9 Å². The van der Waals surface area contributed by atoms with Gasteiger partial charge in [-0.15, -0.1) is 0 Å². The van der Waals surface area contributed by atoms with E-state index in [4.69, 9.17) is 9.25 Å². The van der Waals surface area contributed by atoms with Gasteiger partial charge in [0.2, 0.25) is 5.71 Å². The molecular weight excluding hydrogens is 338 g/mol. The van der Waals surface area contributed by atoms with Crippen molar-refractivity contribution < 1.29 is 9.25 Å². The second-order valence-electron chi connectivity index (χ2n) is 6.24. The third-order valence-corrected chi connectivity index (χ3v) is 4.48. The highest BCUT2D eigenvalue weighted by Gasteiger charge is 2.17. The molecule has 9 heteroatoms. The van der Waals surface area contributed by atoms with Gasteiger partial charge in [-0.3, -0.25) is 9.78 Å². The molecule has 0 aromatic carbocycles. The van der Waals surface area contributed by atoms with Gasteiger partial charge in [-0.1, -0.05) is 19.0 Å². The molecule has 3 rings (SSSR count). The standard InChI is InChI=1S/C17H23N5O4/c1-4-11-10-13(23)25-16-14(11)15(24)18-17(19-16)26-20-12(5-2)22-8-6-21(3)7-9-22/h10H,4-9H2,1-3H3,(H,18,19,24). The number of aromatic nitrogens is 2. The lowest BCUT2D eigenvalue weighted by molar-refractivity contribution is 0.205. The number of nitrogens with zero attached hydrogens (tertiary/aromatic N) is 4. The molecule has 0 atom stereocenters. The monoisotopic (exact) mass is 361 g/mol. The molecule has 1 N–H and O–H groups in total. The van der Waals surface area contributed by atoms with Crippen LogP contribution in [0.4, 0.5) is 0 Å². The molecule has 9 nitrogen and oxygen atoms in total. The molecule has 0 spiro atoms. The van der Waals surface area contributed by atoms with Crippen molar-refractivity contribution in [2.24, 2.45) is 5.16 Å². The first-order valence-electron chi connectivity index (χ1n) is 8.76. The number of hydrogen-bond acceptors (Lipinski definition) is 7. The van der Waals surface area contributed by atoms with Gasteiger partial charge >= 0.3 is 11.6 Å². The third-order valence-electron chi connectivity index (χ3n) is 4.48. The van der Waals surface area contributed by atoms with Crippen molar-refractivity contribution in [2.75, 3.05) is 33.2 Å². The Balaban J connectivity index is 1.88. The topological polar surface area (TPSA) is 104 Å². The van der Waals surface area contributed by atoms with Gasteiger partial charge < -0.3 is 19.1 Å². The van der Waals surface area contributed by atoms with Gasteiger partial charge in [-0.25, -0.2) is 4.79 Å².